The Morgan fingerprint density at radius 3 is 2.65 bits per heavy atom. The fraction of sp³-hybridized carbons (Fsp3) is 0.308. The van der Waals surface area contributed by atoms with Crippen LogP contribution in [0.5, 0.6) is 0 Å². The van der Waals surface area contributed by atoms with Crippen LogP contribution < -0.4 is 5.32 Å². The molecule has 0 unspecified atom stereocenters. The van der Waals surface area contributed by atoms with Gasteiger partial charge in [-0.2, -0.15) is 0 Å². The summed E-state index contributed by atoms with van der Waals surface area (Å²) in [6, 6.07) is 11.8. The molecule has 172 valence electrons. The molecular formula is C26H24FN5OS. The molecule has 1 amide bonds. The van der Waals surface area contributed by atoms with Crippen molar-refractivity contribution in [2.45, 2.75) is 51.2 Å². The van der Waals surface area contributed by atoms with E-state index in [2.05, 4.69) is 26.3 Å². The number of aromatic nitrogens is 3. The molecule has 0 atom stereocenters. The minimum absolute atomic E-state index is 0.129. The Labute approximate surface area is 200 Å². The van der Waals surface area contributed by atoms with Gasteiger partial charge in [-0.15, -0.1) is 11.3 Å². The SMILES string of the molecule is Cc1nc(C(=O)N(Cc2cc(-c3ccc4ncnc(NC5CC5)c4c3)ccc2F)C2CC2)cs1. The van der Waals surface area contributed by atoms with Crippen LogP contribution in [0.4, 0.5) is 10.2 Å². The molecule has 0 radical (unpaired) electrons. The quantitative estimate of drug-likeness (QED) is 0.379. The van der Waals surface area contributed by atoms with Crippen molar-refractivity contribution in [3.8, 4) is 11.1 Å². The van der Waals surface area contributed by atoms with Crippen molar-refractivity contribution < 1.29 is 9.18 Å². The van der Waals surface area contributed by atoms with E-state index < -0.39 is 0 Å². The molecule has 2 heterocycles. The van der Waals surface area contributed by atoms with Crippen LogP contribution in [0.15, 0.2) is 48.1 Å². The highest BCUT2D eigenvalue weighted by Crippen LogP contribution is 2.33. The number of hydrogen-bond acceptors (Lipinski definition) is 6. The lowest BCUT2D eigenvalue weighted by atomic mass is 10.0. The minimum atomic E-state index is -0.308. The number of halogens is 1. The topological polar surface area (TPSA) is 71.0 Å². The van der Waals surface area contributed by atoms with Crippen molar-refractivity contribution in [3.05, 3.63) is 70.2 Å². The summed E-state index contributed by atoms with van der Waals surface area (Å²) in [7, 11) is 0. The summed E-state index contributed by atoms with van der Waals surface area (Å²) in [6.07, 6.45) is 5.78. The number of amides is 1. The van der Waals surface area contributed by atoms with Gasteiger partial charge < -0.3 is 10.2 Å². The smallest absolute Gasteiger partial charge is 0.273 e. The van der Waals surface area contributed by atoms with E-state index in [1.54, 1.807) is 22.7 Å². The first kappa shape index (κ1) is 21.2. The van der Waals surface area contributed by atoms with Gasteiger partial charge in [-0.25, -0.2) is 19.3 Å². The predicted octanol–water partition coefficient (Wildman–Crippen LogP) is 5.58. The monoisotopic (exact) mass is 473 g/mol. The Balaban J connectivity index is 1.32. The van der Waals surface area contributed by atoms with Crippen LogP contribution in [0.1, 0.15) is 46.7 Å². The second-order valence-electron chi connectivity index (χ2n) is 9.09. The second-order valence-corrected chi connectivity index (χ2v) is 10.2. The van der Waals surface area contributed by atoms with E-state index in [9.17, 15) is 9.18 Å². The van der Waals surface area contributed by atoms with E-state index >= 15 is 0 Å². The zero-order valence-corrected chi connectivity index (χ0v) is 19.6. The highest BCUT2D eigenvalue weighted by atomic mass is 32.1. The third kappa shape index (κ3) is 4.25. The van der Waals surface area contributed by atoms with Gasteiger partial charge in [0, 0.05) is 35.0 Å². The molecule has 2 aromatic heterocycles. The van der Waals surface area contributed by atoms with Crippen LogP contribution in [-0.4, -0.2) is 37.8 Å². The Morgan fingerprint density at radius 2 is 1.91 bits per heavy atom. The first-order chi connectivity index (χ1) is 16.5. The van der Waals surface area contributed by atoms with Gasteiger partial charge in [0.05, 0.1) is 10.5 Å². The minimum Gasteiger partial charge on any atom is -0.367 e. The molecule has 2 aliphatic rings. The van der Waals surface area contributed by atoms with E-state index in [-0.39, 0.29) is 24.3 Å². The summed E-state index contributed by atoms with van der Waals surface area (Å²) in [4.78, 5) is 28.1. The van der Waals surface area contributed by atoms with Crippen molar-refractivity contribution in [1.29, 1.82) is 0 Å². The van der Waals surface area contributed by atoms with Crippen LogP contribution >= 0.6 is 11.3 Å². The number of aryl methyl sites for hydroxylation is 1. The standard InChI is InChI=1S/C26H24FN5OS/c1-15-30-24(13-34-15)26(33)32(20-6-7-20)12-18-10-16(2-8-22(18)27)17-3-9-23-21(11-17)25(29-14-28-23)31-19-4-5-19/h2-3,8-11,13-14,19-20H,4-7,12H2,1H3,(H,28,29,31). The molecule has 8 heteroatoms. The summed E-state index contributed by atoms with van der Waals surface area (Å²) in [6.45, 7) is 2.11. The lowest BCUT2D eigenvalue weighted by Crippen LogP contribution is -2.33. The normalized spacial score (nSPS) is 15.5. The van der Waals surface area contributed by atoms with Gasteiger partial charge in [-0.05, 0) is 68.0 Å². The number of hydrogen-bond donors (Lipinski definition) is 1. The Bertz CT molecular complexity index is 1400. The molecule has 34 heavy (non-hydrogen) atoms. The Hall–Kier alpha value is -3.39. The summed E-state index contributed by atoms with van der Waals surface area (Å²) < 4.78 is 14.9. The molecule has 0 saturated heterocycles. The number of nitrogens with zero attached hydrogens (tertiary/aromatic N) is 4. The highest BCUT2D eigenvalue weighted by Gasteiger charge is 2.34. The van der Waals surface area contributed by atoms with Gasteiger partial charge in [-0.1, -0.05) is 12.1 Å². The van der Waals surface area contributed by atoms with Crippen LogP contribution in [0.2, 0.25) is 0 Å². The average Bonchev–Trinajstić information content (AvgIpc) is 3.78. The van der Waals surface area contributed by atoms with Crippen LogP contribution in [0.25, 0.3) is 22.0 Å². The third-order valence-corrected chi connectivity index (χ3v) is 7.13. The number of carbonyl (C=O) groups is 1. The van der Waals surface area contributed by atoms with E-state index in [1.807, 2.05) is 25.1 Å². The van der Waals surface area contributed by atoms with Crippen molar-refractivity contribution in [3.63, 3.8) is 0 Å². The molecule has 2 aliphatic carbocycles. The number of anilines is 1. The number of nitrogens with one attached hydrogen (secondary N) is 1. The van der Waals surface area contributed by atoms with Crippen LogP contribution in [0, 0.1) is 12.7 Å². The fourth-order valence-electron chi connectivity index (χ4n) is 4.19. The number of fused-ring (bicyclic) bond motifs is 1. The largest absolute Gasteiger partial charge is 0.367 e. The molecule has 0 spiro atoms. The first-order valence-electron chi connectivity index (χ1n) is 11.6. The maximum atomic E-state index is 14.9. The molecule has 2 fully saturated rings. The molecule has 0 bridgehead atoms. The molecule has 6 nitrogen and oxygen atoms in total. The van der Waals surface area contributed by atoms with Gasteiger partial charge in [-0.3, -0.25) is 4.79 Å². The van der Waals surface area contributed by atoms with Gasteiger partial charge in [0.2, 0.25) is 0 Å². The van der Waals surface area contributed by atoms with Gasteiger partial charge >= 0.3 is 0 Å². The summed E-state index contributed by atoms with van der Waals surface area (Å²) in [5.41, 5.74) is 3.67. The van der Waals surface area contributed by atoms with E-state index in [0.29, 0.717) is 17.3 Å². The second kappa shape index (κ2) is 8.43. The zero-order valence-electron chi connectivity index (χ0n) is 18.8. The lowest BCUT2D eigenvalue weighted by molar-refractivity contribution is 0.0723. The van der Waals surface area contributed by atoms with Gasteiger partial charge in [0.25, 0.3) is 5.91 Å². The maximum Gasteiger partial charge on any atom is 0.273 e. The van der Waals surface area contributed by atoms with Crippen LogP contribution in [-0.2, 0) is 6.54 Å². The number of thiazole rings is 1. The summed E-state index contributed by atoms with van der Waals surface area (Å²) >= 11 is 1.45. The van der Waals surface area contributed by atoms with Crippen molar-refractivity contribution in [2.75, 3.05) is 5.32 Å². The highest BCUT2D eigenvalue weighted by molar-refractivity contribution is 7.09. The van der Waals surface area contributed by atoms with Crippen LogP contribution in [0.3, 0.4) is 0 Å². The van der Waals surface area contributed by atoms with Crippen molar-refractivity contribution in [1.82, 2.24) is 19.9 Å². The Morgan fingerprint density at radius 1 is 1.12 bits per heavy atom. The van der Waals surface area contributed by atoms with Crippen molar-refractivity contribution >= 4 is 34.0 Å². The van der Waals surface area contributed by atoms with Gasteiger partial charge in [0.15, 0.2) is 0 Å². The number of carbonyl (C=O) groups excluding carboxylic acids is 1. The molecule has 6 rings (SSSR count). The van der Waals surface area contributed by atoms with E-state index in [0.717, 1.165) is 58.5 Å². The number of rotatable bonds is 7. The molecule has 0 aliphatic heterocycles. The molecule has 2 aromatic carbocycles. The maximum absolute atomic E-state index is 14.9. The zero-order chi connectivity index (χ0) is 23.2. The van der Waals surface area contributed by atoms with Gasteiger partial charge in [0.1, 0.15) is 23.7 Å². The van der Waals surface area contributed by atoms with Crippen molar-refractivity contribution in [2.24, 2.45) is 0 Å². The van der Waals surface area contributed by atoms with E-state index in [4.69, 9.17) is 0 Å². The third-order valence-electron chi connectivity index (χ3n) is 6.36. The lowest BCUT2D eigenvalue weighted by Gasteiger charge is -2.22. The first-order valence-corrected chi connectivity index (χ1v) is 12.5. The fourth-order valence-corrected chi connectivity index (χ4v) is 4.78. The molecule has 2 saturated carbocycles. The molecule has 4 aromatic rings. The van der Waals surface area contributed by atoms with E-state index in [1.165, 1.54) is 17.4 Å². The Kier molecular flexibility index (Phi) is 5.25. The predicted molar refractivity (Wildman–Crippen MR) is 131 cm³/mol. The number of benzene rings is 2. The molecular weight excluding hydrogens is 449 g/mol. The molecule has 1 N–H and O–H groups in total. The summed E-state index contributed by atoms with van der Waals surface area (Å²) in [5, 5.41) is 7.06. The summed E-state index contributed by atoms with van der Waals surface area (Å²) in [5.74, 6) is 0.396. The average molecular weight is 474 g/mol.